The van der Waals surface area contributed by atoms with E-state index in [4.69, 9.17) is 16.1 Å². The van der Waals surface area contributed by atoms with Gasteiger partial charge in [0.1, 0.15) is 0 Å². The Hall–Kier alpha value is -3.12. The van der Waals surface area contributed by atoms with Gasteiger partial charge in [-0.05, 0) is 31.5 Å². The average Bonchev–Trinajstić information content (AvgIpc) is 3.18. The van der Waals surface area contributed by atoms with Crippen LogP contribution in [0.25, 0.3) is 17.0 Å². The van der Waals surface area contributed by atoms with Gasteiger partial charge in [0.25, 0.3) is 5.89 Å². The fraction of sp³-hybridized carbons (Fsp3) is 0.190. The first-order valence-corrected chi connectivity index (χ1v) is 9.40. The van der Waals surface area contributed by atoms with Crippen molar-refractivity contribution in [2.75, 3.05) is 6.54 Å². The zero-order chi connectivity index (χ0) is 19.7. The normalized spacial score (nSPS) is 17.0. The number of hydrogen-bond acceptors (Lipinski definition) is 4. The molecule has 1 unspecified atom stereocenters. The Balaban J connectivity index is 1.83. The van der Waals surface area contributed by atoms with Gasteiger partial charge in [-0.15, -0.1) is 0 Å². The van der Waals surface area contributed by atoms with Gasteiger partial charge >= 0.3 is 6.03 Å². The summed E-state index contributed by atoms with van der Waals surface area (Å²) in [5, 5.41) is 7.76. The van der Waals surface area contributed by atoms with Crippen LogP contribution < -0.4 is 5.32 Å². The van der Waals surface area contributed by atoms with Crippen LogP contribution in [-0.4, -0.2) is 27.6 Å². The van der Waals surface area contributed by atoms with Gasteiger partial charge in [-0.25, -0.2) is 4.79 Å². The van der Waals surface area contributed by atoms with Crippen LogP contribution in [-0.2, 0) is 0 Å². The Bertz CT molecular complexity index is 1050. The van der Waals surface area contributed by atoms with Gasteiger partial charge in [0.2, 0.25) is 5.82 Å². The SMILES string of the molecule is CCN1C(=O)NC(c2cccc(Cl)c2)C(c2nc(-c3ccccc3)no2)=C1C. The number of aromatic nitrogens is 2. The molecule has 2 amide bonds. The summed E-state index contributed by atoms with van der Waals surface area (Å²) in [6, 6.07) is 16.4. The Morgan fingerprint density at radius 1 is 1.18 bits per heavy atom. The first-order chi connectivity index (χ1) is 13.6. The van der Waals surface area contributed by atoms with Gasteiger partial charge in [0.05, 0.1) is 11.6 Å². The monoisotopic (exact) mass is 394 g/mol. The molecule has 7 heteroatoms. The van der Waals surface area contributed by atoms with Crippen LogP contribution in [0.4, 0.5) is 4.79 Å². The topological polar surface area (TPSA) is 71.3 Å². The number of nitrogens with zero attached hydrogens (tertiary/aromatic N) is 3. The van der Waals surface area contributed by atoms with E-state index in [1.54, 1.807) is 11.0 Å². The molecular formula is C21H19ClN4O2. The van der Waals surface area contributed by atoms with Crippen molar-refractivity contribution in [1.29, 1.82) is 0 Å². The fourth-order valence-electron chi connectivity index (χ4n) is 3.41. The molecule has 0 bridgehead atoms. The summed E-state index contributed by atoms with van der Waals surface area (Å²) >= 11 is 6.18. The molecule has 2 heterocycles. The van der Waals surface area contributed by atoms with Crippen molar-refractivity contribution in [3.05, 3.63) is 76.8 Å². The summed E-state index contributed by atoms with van der Waals surface area (Å²) < 4.78 is 5.61. The van der Waals surface area contributed by atoms with Crippen molar-refractivity contribution < 1.29 is 9.32 Å². The molecule has 0 fully saturated rings. The lowest BCUT2D eigenvalue weighted by atomic mass is 9.94. The molecule has 1 aliphatic rings. The van der Waals surface area contributed by atoms with Crippen molar-refractivity contribution in [3.8, 4) is 11.4 Å². The van der Waals surface area contributed by atoms with Crippen LogP contribution in [0.3, 0.4) is 0 Å². The molecule has 0 spiro atoms. The molecule has 1 aromatic heterocycles. The van der Waals surface area contributed by atoms with Crippen LogP contribution >= 0.6 is 11.6 Å². The van der Waals surface area contributed by atoms with E-state index in [1.807, 2.05) is 62.4 Å². The lowest BCUT2D eigenvalue weighted by molar-refractivity contribution is 0.207. The molecule has 4 rings (SSSR count). The van der Waals surface area contributed by atoms with Gasteiger partial charge < -0.3 is 9.84 Å². The highest BCUT2D eigenvalue weighted by Gasteiger charge is 2.35. The third-order valence-electron chi connectivity index (χ3n) is 4.78. The molecule has 28 heavy (non-hydrogen) atoms. The highest BCUT2D eigenvalue weighted by molar-refractivity contribution is 6.30. The molecule has 6 nitrogen and oxygen atoms in total. The number of amides is 2. The van der Waals surface area contributed by atoms with E-state index < -0.39 is 6.04 Å². The molecule has 0 aliphatic carbocycles. The number of nitrogens with one attached hydrogen (secondary N) is 1. The van der Waals surface area contributed by atoms with E-state index in [-0.39, 0.29) is 6.03 Å². The van der Waals surface area contributed by atoms with Crippen LogP contribution in [0.2, 0.25) is 5.02 Å². The van der Waals surface area contributed by atoms with E-state index in [0.29, 0.717) is 23.3 Å². The molecule has 1 aliphatic heterocycles. The third-order valence-corrected chi connectivity index (χ3v) is 5.02. The van der Waals surface area contributed by atoms with Crippen LogP contribution in [0.1, 0.15) is 31.3 Å². The highest BCUT2D eigenvalue weighted by Crippen LogP contribution is 2.37. The second-order valence-electron chi connectivity index (χ2n) is 6.47. The number of allylic oxidation sites excluding steroid dienone is 1. The quantitative estimate of drug-likeness (QED) is 0.682. The molecule has 1 atom stereocenters. The van der Waals surface area contributed by atoms with Crippen molar-refractivity contribution >= 4 is 23.2 Å². The average molecular weight is 395 g/mol. The minimum atomic E-state index is -0.432. The van der Waals surface area contributed by atoms with Crippen molar-refractivity contribution in [2.24, 2.45) is 0 Å². The molecule has 3 aromatic rings. The predicted octanol–water partition coefficient (Wildman–Crippen LogP) is 4.91. The van der Waals surface area contributed by atoms with Gasteiger partial charge in [-0.2, -0.15) is 4.98 Å². The highest BCUT2D eigenvalue weighted by atomic mass is 35.5. The van der Waals surface area contributed by atoms with E-state index in [1.165, 1.54) is 0 Å². The van der Waals surface area contributed by atoms with Crippen LogP contribution in [0.5, 0.6) is 0 Å². The number of carbonyl (C=O) groups excluding carboxylic acids is 1. The van der Waals surface area contributed by atoms with Crippen molar-refractivity contribution in [2.45, 2.75) is 19.9 Å². The van der Waals surface area contributed by atoms with E-state index >= 15 is 0 Å². The number of rotatable bonds is 4. The van der Waals surface area contributed by atoms with Crippen LogP contribution in [0, 0.1) is 0 Å². The summed E-state index contributed by atoms with van der Waals surface area (Å²) in [4.78, 5) is 18.8. The summed E-state index contributed by atoms with van der Waals surface area (Å²) in [7, 11) is 0. The Morgan fingerprint density at radius 3 is 2.68 bits per heavy atom. The molecular weight excluding hydrogens is 376 g/mol. The van der Waals surface area contributed by atoms with Crippen molar-refractivity contribution in [3.63, 3.8) is 0 Å². The second kappa shape index (κ2) is 7.48. The Kier molecular flexibility index (Phi) is 4.88. The first kappa shape index (κ1) is 18.3. The molecule has 0 radical (unpaired) electrons. The van der Waals surface area contributed by atoms with Gasteiger partial charge in [0.15, 0.2) is 0 Å². The van der Waals surface area contributed by atoms with E-state index in [9.17, 15) is 4.79 Å². The molecule has 142 valence electrons. The van der Waals surface area contributed by atoms with Gasteiger partial charge in [0, 0.05) is 22.8 Å². The van der Waals surface area contributed by atoms with E-state index in [2.05, 4.69) is 15.5 Å². The molecule has 0 saturated heterocycles. The third kappa shape index (κ3) is 3.27. The minimum Gasteiger partial charge on any atom is -0.334 e. The number of benzene rings is 2. The standard InChI is InChI=1S/C21H19ClN4O2/c1-3-26-13(2)17(18(23-21(26)27)15-10-7-11-16(22)12-15)20-24-19(25-28-20)14-8-5-4-6-9-14/h4-12,18H,3H2,1-2H3,(H,23,27). The molecule has 2 aromatic carbocycles. The Morgan fingerprint density at radius 2 is 1.96 bits per heavy atom. The minimum absolute atomic E-state index is 0.170. The zero-order valence-corrected chi connectivity index (χ0v) is 16.3. The lowest BCUT2D eigenvalue weighted by Gasteiger charge is -2.34. The number of hydrogen-bond donors (Lipinski definition) is 1. The summed E-state index contributed by atoms with van der Waals surface area (Å²) in [5.74, 6) is 0.875. The first-order valence-electron chi connectivity index (χ1n) is 9.02. The Labute approximate surface area is 167 Å². The maximum absolute atomic E-state index is 12.6. The van der Waals surface area contributed by atoms with Crippen molar-refractivity contribution in [1.82, 2.24) is 20.4 Å². The molecule has 0 saturated carbocycles. The maximum Gasteiger partial charge on any atom is 0.322 e. The predicted molar refractivity (Wildman–Crippen MR) is 107 cm³/mol. The lowest BCUT2D eigenvalue weighted by Crippen LogP contribution is -2.45. The zero-order valence-electron chi connectivity index (χ0n) is 15.5. The summed E-state index contributed by atoms with van der Waals surface area (Å²) in [5.41, 5.74) is 3.26. The van der Waals surface area contributed by atoms with E-state index in [0.717, 1.165) is 22.4 Å². The number of carbonyl (C=O) groups is 1. The number of urea groups is 1. The summed E-state index contributed by atoms with van der Waals surface area (Å²) in [6.45, 7) is 4.34. The number of halogens is 1. The molecule has 1 N–H and O–H groups in total. The fourth-order valence-corrected chi connectivity index (χ4v) is 3.61. The largest absolute Gasteiger partial charge is 0.334 e. The van der Waals surface area contributed by atoms with Gasteiger partial charge in [-0.3, -0.25) is 4.90 Å². The van der Waals surface area contributed by atoms with Gasteiger partial charge in [-0.1, -0.05) is 59.2 Å². The van der Waals surface area contributed by atoms with Crippen LogP contribution in [0.15, 0.2) is 64.8 Å². The summed E-state index contributed by atoms with van der Waals surface area (Å²) in [6.07, 6.45) is 0. The maximum atomic E-state index is 12.6. The second-order valence-corrected chi connectivity index (χ2v) is 6.91. The smallest absolute Gasteiger partial charge is 0.322 e.